The molecule has 0 aliphatic rings. The van der Waals surface area contributed by atoms with E-state index in [1.165, 1.54) is 0 Å². The van der Waals surface area contributed by atoms with Gasteiger partial charge < -0.3 is 0 Å². The molecule has 0 aromatic heterocycles. The lowest BCUT2D eigenvalue weighted by molar-refractivity contribution is 0.0978. The maximum Gasteiger partial charge on any atom is 0.165 e. The molecule has 1 aromatic carbocycles. The summed E-state index contributed by atoms with van der Waals surface area (Å²) in [4.78, 5) is 11.3. The molecular weight excluding hydrogens is 234 g/mol. The SMILES string of the molecule is C=C.O=C(CCCCl)c1ccc(F)cc1F. The number of ketones is 1. The van der Waals surface area contributed by atoms with Crippen molar-refractivity contribution in [1.82, 2.24) is 0 Å². The van der Waals surface area contributed by atoms with Crippen molar-refractivity contribution in [3.05, 3.63) is 48.6 Å². The van der Waals surface area contributed by atoms with Crippen molar-refractivity contribution in [3.8, 4) is 0 Å². The molecule has 4 heteroatoms. The molecule has 88 valence electrons. The van der Waals surface area contributed by atoms with E-state index in [1.54, 1.807) is 0 Å². The Kier molecular flexibility index (Phi) is 7.38. The van der Waals surface area contributed by atoms with Crippen LogP contribution in [0.2, 0.25) is 0 Å². The number of carbonyl (C=O) groups is 1. The second-order valence-electron chi connectivity index (χ2n) is 2.84. The van der Waals surface area contributed by atoms with Crippen molar-refractivity contribution < 1.29 is 13.6 Å². The summed E-state index contributed by atoms with van der Waals surface area (Å²) in [5.74, 6) is -1.49. The molecule has 0 heterocycles. The van der Waals surface area contributed by atoms with Crippen LogP contribution < -0.4 is 0 Å². The minimum Gasteiger partial charge on any atom is -0.294 e. The van der Waals surface area contributed by atoms with E-state index in [-0.39, 0.29) is 17.8 Å². The first kappa shape index (κ1) is 14.8. The lowest BCUT2D eigenvalue weighted by Gasteiger charge is -2.01. The van der Waals surface area contributed by atoms with E-state index < -0.39 is 11.6 Å². The number of rotatable bonds is 4. The van der Waals surface area contributed by atoms with Crippen LogP contribution in [-0.2, 0) is 0 Å². The average molecular weight is 247 g/mol. The summed E-state index contributed by atoms with van der Waals surface area (Å²) in [6.45, 7) is 6.00. The van der Waals surface area contributed by atoms with E-state index in [1.807, 2.05) is 0 Å². The summed E-state index contributed by atoms with van der Waals surface area (Å²) in [6.07, 6.45) is 0.684. The number of Topliss-reactive ketones (excluding diaryl/α,β-unsaturated/α-hetero) is 1. The van der Waals surface area contributed by atoms with Gasteiger partial charge in [-0.1, -0.05) is 0 Å². The Labute approximate surface area is 98.7 Å². The number of hydrogen-bond acceptors (Lipinski definition) is 1. The van der Waals surface area contributed by atoms with Crippen LogP contribution in [0.3, 0.4) is 0 Å². The molecule has 0 bridgehead atoms. The highest BCUT2D eigenvalue weighted by molar-refractivity contribution is 6.18. The molecule has 0 saturated heterocycles. The van der Waals surface area contributed by atoms with Gasteiger partial charge in [0.05, 0.1) is 5.56 Å². The Hall–Kier alpha value is -1.22. The number of benzene rings is 1. The zero-order valence-corrected chi connectivity index (χ0v) is 9.57. The number of carbonyl (C=O) groups excluding carboxylic acids is 1. The van der Waals surface area contributed by atoms with E-state index in [9.17, 15) is 13.6 Å². The molecule has 0 spiro atoms. The van der Waals surface area contributed by atoms with Gasteiger partial charge >= 0.3 is 0 Å². The predicted octanol–water partition coefficient (Wildman–Crippen LogP) is 3.97. The van der Waals surface area contributed by atoms with Gasteiger partial charge in [-0.05, 0) is 18.6 Å². The van der Waals surface area contributed by atoms with Gasteiger partial charge in [0.2, 0.25) is 0 Å². The Morgan fingerprint density at radius 1 is 1.31 bits per heavy atom. The quantitative estimate of drug-likeness (QED) is 0.446. The van der Waals surface area contributed by atoms with Crippen LogP contribution in [0.15, 0.2) is 31.4 Å². The van der Waals surface area contributed by atoms with Gasteiger partial charge in [0.25, 0.3) is 0 Å². The first-order valence-electron chi connectivity index (χ1n) is 4.69. The molecule has 0 atom stereocenters. The van der Waals surface area contributed by atoms with Gasteiger partial charge in [-0.15, -0.1) is 24.8 Å². The molecule has 1 rings (SSSR count). The van der Waals surface area contributed by atoms with Crippen LogP contribution >= 0.6 is 11.6 Å². The van der Waals surface area contributed by atoms with Crippen molar-refractivity contribution in [3.63, 3.8) is 0 Å². The largest absolute Gasteiger partial charge is 0.294 e. The molecule has 0 aliphatic carbocycles. The maximum absolute atomic E-state index is 13.0. The number of alkyl halides is 1. The summed E-state index contributed by atoms with van der Waals surface area (Å²) in [5.41, 5.74) is -0.0727. The van der Waals surface area contributed by atoms with Crippen LogP contribution in [0.1, 0.15) is 23.2 Å². The molecule has 1 aromatic rings. The highest BCUT2D eigenvalue weighted by atomic mass is 35.5. The normalized spacial score (nSPS) is 9.19. The van der Waals surface area contributed by atoms with Gasteiger partial charge in [-0.25, -0.2) is 8.78 Å². The molecule has 0 radical (unpaired) electrons. The third-order valence-corrected chi connectivity index (χ3v) is 2.04. The van der Waals surface area contributed by atoms with Crippen LogP contribution in [0.4, 0.5) is 8.78 Å². The molecule has 0 saturated carbocycles. The monoisotopic (exact) mass is 246 g/mol. The summed E-state index contributed by atoms with van der Waals surface area (Å²) < 4.78 is 25.5. The molecule has 0 N–H and O–H groups in total. The fourth-order valence-electron chi connectivity index (χ4n) is 1.08. The lowest BCUT2D eigenvalue weighted by atomic mass is 10.1. The molecule has 1 nitrogen and oxygen atoms in total. The zero-order valence-electron chi connectivity index (χ0n) is 8.81. The molecule has 16 heavy (non-hydrogen) atoms. The minimum absolute atomic E-state index is 0.0727. The fourth-order valence-corrected chi connectivity index (χ4v) is 1.21. The Bertz CT molecular complexity index is 353. The zero-order chi connectivity index (χ0) is 12.6. The highest BCUT2D eigenvalue weighted by Gasteiger charge is 2.11. The second kappa shape index (κ2) is 7.99. The van der Waals surface area contributed by atoms with Gasteiger partial charge in [0.1, 0.15) is 11.6 Å². The van der Waals surface area contributed by atoms with Crippen molar-refractivity contribution >= 4 is 17.4 Å². The fraction of sp³-hybridized carbons (Fsp3) is 0.250. The Morgan fingerprint density at radius 3 is 2.44 bits per heavy atom. The van der Waals surface area contributed by atoms with Crippen LogP contribution in [0, 0.1) is 11.6 Å². The predicted molar refractivity (Wildman–Crippen MR) is 61.9 cm³/mol. The lowest BCUT2D eigenvalue weighted by Crippen LogP contribution is -2.03. The minimum atomic E-state index is -0.815. The standard InChI is InChI=1S/C10H9ClF2O.C2H4/c11-5-1-2-10(14)8-4-3-7(12)6-9(8)13;1-2/h3-4,6H,1-2,5H2;1-2H2. The summed E-state index contributed by atoms with van der Waals surface area (Å²) in [6, 6.07) is 2.92. The van der Waals surface area contributed by atoms with E-state index in [2.05, 4.69) is 13.2 Å². The molecule has 0 unspecified atom stereocenters. The topological polar surface area (TPSA) is 17.1 Å². The first-order valence-corrected chi connectivity index (χ1v) is 5.23. The highest BCUT2D eigenvalue weighted by Crippen LogP contribution is 2.12. The maximum atomic E-state index is 13.0. The van der Waals surface area contributed by atoms with Crippen molar-refractivity contribution in [2.45, 2.75) is 12.8 Å². The Morgan fingerprint density at radius 2 is 1.94 bits per heavy atom. The van der Waals surface area contributed by atoms with E-state index in [0.717, 1.165) is 12.1 Å². The second-order valence-corrected chi connectivity index (χ2v) is 3.22. The van der Waals surface area contributed by atoms with Crippen molar-refractivity contribution in [2.75, 3.05) is 5.88 Å². The molecule has 0 amide bonds. The summed E-state index contributed by atoms with van der Waals surface area (Å²) in [7, 11) is 0. The molecule has 0 fully saturated rings. The van der Waals surface area contributed by atoms with Crippen LogP contribution in [-0.4, -0.2) is 11.7 Å². The number of hydrogen-bond donors (Lipinski definition) is 0. The summed E-state index contributed by atoms with van der Waals surface area (Å²) >= 11 is 5.39. The third-order valence-electron chi connectivity index (χ3n) is 1.77. The smallest absolute Gasteiger partial charge is 0.165 e. The first-order chi connectivity index (χ1) is 7.65. The van der Waals surface area contributed by atoms with Gasteiger partial charge in [-0.2, -0.15) is 0 Å². The van der Waals surface area contributed by atoms with E-state index in [0.29, 0.717) is 18.4 Å². The summed E-state index contributed by atoms with van der Waals surface area (Å²) in [5, 5.41) is 0. The van der Waals surface area contributed by atoms with E-state index in [4.69, 9.17) is 11.6 Å². The number of halogens is 3. The van der Waals surface area contributed by atoms with E-state index >= 15 is 0 Å². The molecule has 0 aliphatic heterocycles. The van der Waals surface area contributed by atoms with Crippen LogP contribution in [0.5, 0.6) is 0 Å². The van der Waals surface area contributed by atoms with Crippen molar-refractivity contribution in [2.24, 2.45) is 0 Å². The van der Waals surface area contributed by atoms with Gasteiger partial charge in [0.15, 0.2) is 5.78 Å². The third kappa shape index (κ3) is 4.53. The van der Waals surface area contributed by atoms with Crippen LogP contribution in [0.25, 0.3) is 0 Å². The van der Waals surface area contributed by atoms with Gasteiger partial charge in [-0.3, -0.25) is 4.79 Å². The van der Waals surface area contributed by atoms with Gasteiger partial charge in [0, 0.05) is 18.4 Å². The Balaban J connectivity index is 0.00000106. The molecular formula is C12H13ClF2O. The average Bonchev–Trinajstić information content (AvgIpc) is 2.28. The van der Waals surface area contributed by atoms with Crippen molar-refractivity contribution in [1.29, 1.82) is 0 Å².